The average molecular weight is 373 g/mol. The van der Waals surface area contributed by atoms with Crippen molar-refractivity contribution in [2.24, 2.45) is 5.10 Å². The summed E-state index contributed by atoms with van der Waals surface area (Å²) in [7, 11) is 0. The van der Waals surface area contributed by atoms with E-state index >= 15 is 0 Å². The number of H-pyrrole nitrogens is 1. The Bertz CT molecular complexity index is 1010. The molecule has 126 valence electrons. The molecule has 0 radical (unpaired) electrons. The molecule has 0 spiro atoms. The molecule has 1 aliphatic heterocycles. The van der Waals surface area contributed by atoms with Crippen molar-refractivity contribution in [2.45, 2.75) is 0 Å². The van der Waals surface area contributed by atoms with Crippen LogP contribution in [0.15, 0.2) is 47.6 Å². The van der Waals surface area contributed by atoms with Gasteiger partial charge in [-0.3, -0.25) is 0 Å². The van der Waals surface area contributed by atoms with Gasteiger partial charge >= 0.3 is 0 Å². The molecule has 4 rings (SSSR count). The molecule has 2 heterocycles. The Labute approximate surface area is 153 Å². The van der Waals surface area contributed by atoms with Gasteiger partial charge in [-0.25, -0.2) is 5.10 Å². The number of halogens is 1. The Morgan fingerprint density at radius 3 is 2.80 bits per heavy atom. The van der Waals surface area contributed by atoms with E-state index < -0.39 is 0 Å². The molecule has 0 fully saturated rings. The van der Waals surface area contributed by atoms with E-state index in [2.05, 4.69) is 15.3 Å². The van der Waals surface area contributed by atoms with E-state index in [1.54, 1.807) is 12.3 Å². The van der Waals surface area contributed by atoms with Crippen LogP contribution in [-0.4, -0.2) is 34.3 Å². The Balaban J connectivity index is 1.70. The lowest BCUT2D eigenvalue weighted by atomic mass is 10.2. The number of hydrogen-bond donors (Lipinski definition) is 1. The quantitative estimate of drug-likeness (QED) is 0.559. The molecule has 0 aliphatic carbocycles. The molecule has 0 saturated heterocycles. The molecule has 0 bridgehead atoms. The zero-order valence-electron chi connectivity index (χ0n) is 13.0. The van der Waals surface area contributed by atoms with Crippen LogP contribution in [0.1, 0.15) is 5.56 Å². The summed E-state index contributed by atoms with van der Waals surface area (Å²) in [5, 5.41) is 12.0. The fraction of sp³-hybridized carbons (Fsp3) is 0.118. The van der Waals surface area contributed by atoms with Crippen LogP contribution in [0.4, 0.5) is 0 Å². The summed E-state index contributed by atoms with van der Waals surface area (Å²) in [6, 6.07) is 13.0. The second kappa shape index (κ2) is 6.70. The summed E-state index contributed by atoms with van der Waals surface area (Å²) < 4.78 is 13.0. The molecule has 2 aromatic carbocycles. The predicted octanol–water partition coefficient (Wildman–Crippen LogP) is 3.91. The molecule has 6 nitrogen and oxygen atoms in total. The molecule has 1 N–H and O–H groups in total. The fourth-order valence-electron chi connectivity index (χ4n) is 2.48. The van der Waals surface area contributed by atoms with Crippen molar-refractivity contribution in [1.82, 2.24) is 14.9 Å². The van der Waals surface area contributed by atoms with Gasteiger partial charge in [0.1, 0.15) is 13.2 Å². The van der Waals surface area contributed by atoms with E-state index in [9.17, 15) is 0 Å². The molecular weight excluding hydrogens is 360 g/mol. The first-order valence-corrected chi connectivity index (χ1v) is 8.37. The second-order valence-corrected chi connectivity index (χ2v) is 6.09. The Morgan fingerprint density at radius 1 is 1.16 bits per heavy atom. The third kappa shape index (κ3) is 3.16. The van der Waals surface area contributed by atoms with Crippen LogP contribution in [0.3, 0.4) is 0 Å². The van der Waals surface area contributed by atoms with Crippen LogP contribution in [0, 0.1) is 4.77 Å². The highest BCUT2D eigenvalue weighted by Crippen LogP contribution is 2.30. The minimum absolute atomic E-state index is 0.378. The van der Waals surface area contributed by atoms with Crippen LogP contribution in [0.25, 0.3) is 11.4 Å². The highest BCUT2D eigenvalue weighted by molar-refractivity contribution is 7.71. The van der Waals surface area contributed by atoms with Crippen LogP contribution >= 0.6 is 23.8 Å². The Hall–Kier alpha value is -2.64. The van der Waals surface area contributed by atoms with Gasteiger partial charge in [0.2, 0.25) is 4.77 Å². The molecular formula is C17H13ClN4O2S. The van der Waals surface area contributed by atoms with E-state index in [0.717, 1.165) is 16.9 Å². The maximum absolute atomic E-state index is 6.25. The van der Waals surface area contributed by atoms with Gasteiger partial charge in [-0.05, 0) is 48.1 Å². The van der Waals surface area contributed by atoms with Crippen LogP contribution in [-0.2, 0) is 0 Å². The molecule has 1 aliphatic rings. The summed E-state index contributed by atoms with van der Waals surface area (Å²) in [5.74, 6) is 1.99. The van der Waals surface area contributed by atoms with Gasteiger partial charge in [0.15, 0.2) is 17.3 Å². The summed E-state index contributed by atoms with van der Waals surface area (Å²) in [6.07, 6.45) is 1.68. The standard InChI is InChI=1S/C17H13ClN4O2S/c18-13-4-2-1-3-12(13)16-20-21-17(25)22(16)19-10-11-5-6-14-15(9-11)24-8-7-23-14/h1-6,9-10H,7-8H2,(H,21,25)/b19-10+. The zero-order chi connectivity index (χ0) is 17.2. The molecule has 25 heavy (non-hydrogen) atoms. The van der Waals surface area contributed by atoms with Crippen molar-refractivity contribution < 1.29 is 9.47 Å². The monoisotopic (exact) mass is 372 g/mol. The predicted molar refractivity (Wildman–Crippen MR) is 98.3 cm³/mol. The fourth-order valence-corrected chi connectivity index (χ4v) is 2.88. The highest BCUT2D eigenvalue weighted by atomic mass is 35.5. The molecule has 0 saturated carbocycles. The molecule has 1 aromatic heterocycles. The van der Waals surface area contributed by atoms with Crippen molar-refractivity contribution in [3.63, 3.8) is 0 Å². The van der Waals surface area contributed by atoms with Crippen molar-refractivity contribution in [2.75, 3.05) is 13.2 Å². The number of aromatic nitrogens is 3. The van der Waals surface area contributed by atoms with Crippen molar-refractivity contribution >= 4 is 30.0 Å². The lowest BCUT2D eigenvalue weighted by molar-refractivity contribution is 0.171. The molecule has 0 atom stereocenters. The molecule has 3 aromatic rings. The summed E-state index contributed by atoms with van der Waals surface area (Å²) in [5.41, 5.74) is 1.60. The number of benzene rings is 2. The largest absolute Gasteiger partial charge is 0.486 e. The topological polar surface area (TPSA) is 64.4 Å². The van der Waals surface area contributed by atoms with E-state index in [1.165, 1.54) is 4.68 Å². The summed E-state index contributed by atoms with van der Waals surface area (Å²) in [4.78, 5) is 0. The first kappa shape index (κ1) is 15.9. The van der Waals surface area contributed by atoms with Crippen molar-refractivity contribution in [3.05, 3.63) is 57.8 Å². The third-order valence-electron chi connectivity index (χ3n) is 3.65. The van der Waals surface area contributed by atoms with Gasteiger partial charge in [-0.2, -0.15) is 14.9 Å². The molecule has 8 heteroatoms. The van der Waals surface area contributed by atoms with E-state index in [4.69, 9.17) is 33.3 Å². The first-order chi connectivity index (χ1) is 12.2. The van der Waals surface area contributed by atoms with Crippen LogP contribution < -0.4 is 9.47 Å². The van der Waals surface area contributed by atoms with Gasteiger partial charge in [-0.15, -0.1) is 0 Å². The molecule has 0 unspecified atom stereocenters. The van der Waals surface area contributed by atoms with Crippen LogP contribution in [0.5, 0.6) is 11.5 Å². The van der Waals surface area contributed by atoms with Gasteiger partial charge in [0, 0.05) is 5.56 Å². The zero-order valence-corrected chi connectivity index (χ0v) is 14.5. The third-order valence-corrected chi connectivity index (χ3v) is 4.25. The normalized spacial score (nSPS) is 13.3. The lowest BCUT2D eigenvalue weighted by Crippen LogP contribution is -2.15. The maximum Gasteiger partial charge on any atom is 0.216 e. The summed E-state index contributed by atoms with van der Waals surface area (Å²) in [6.45, 7) is 1.10. The van der Waals surface area contributed by atoms with E-state index in [1.807, 2.05) is 36.4 Å². The number of hydrogen-bond acceptors (Lipinski definition) is 5. The Morgan fingerprint density at radius 2 is 1.96 bits per heavy atom. The lowest BCUT2D eigenvalue weighted by Gasteiger charge is -2.18. The van der Waals surface area contributed by atoms with Gasteiger partial charge < -0.3 is 9.47 Å². The Kier molecular flexibility index (Phi) is 4.25. The maximum atomic E-state index is 6.25. The van der Waals surface area contributed by atoms with Crippen molar-refractivity contribution in [3.8, 4) is 22.9 Å². The average Bonchev–Trinajstić information content (AvgIpc) is 3.00. The van der Waals surface area contributed by atoms with Gasteiger partial charge in [0.25, 0.3) is 0 Å². The minimum atomic E-state index is 0.378. The minimum Gasteiger partial charge on any atom is -0.486 e. The van der Waals surface area contributed by atoms with E-state index in [-0.39, 0.29) is 0 Å². The smallest absolute Gasteiger partial charge is 0.216 e. The SMILES string of the molecule is S=c1[nH]nc(-c2ccccc2Cl)n1/N=C/c1ccc2c(c1)OCCO2. The highest BCUT2D eigenvalue weighted by Gasteiger charge is 2.13. The number of nitrogens with zero attached hydrogens (tertiary/aromatic N) is 3. The summed E-state index contributed by atoms with van der Waals surface area (Å²) >= 11 is 11.5. The second-order valence-electron chi connectivity index (χ2n) is 5.29. The number of fused-ring (bicyclic) bond motifs is 1. The first-order valence-electron chi connectivity index (χ1n) is 7.59. The number of nitrogens with one attached hydrogen (secondary N) is 1. The van der Waals surface area contributed by atoms with Gasteiger partial charge in [0.05, 0.1) is 11.2 Å². The number of rotatable bonds is 3. The molecule has 0 amide bonds. The van der Waals surface area contributed by atoms with Gasteiger partial charge in [-0.1, -0.05) is 23.7 Å². The number of ether oxygens (including phenoxy) is 2. The van der Waals surface area contributed by atoms with E-state index in [0.29, 0.717) is 34.6 Å². The van der Waals surface area contributed by atoms with Crippen molar-refractivity contribution in [1.29, 1.82) is 0 Å². The van der Waals surface area contributed by atoms with Crippen LogP contribution in [0.2, 0.25) is 5.02 Å². The number of aromatic amines is 1.